The second-order valence-corrected chi connectivity index (χ2v) is 6.69. The number of thiazole rings is 1. The molecule has 0 aliphatic heterocycles. The van der Waals surface area contributed by atoms with Crippen molar-refractivity contribution in [1.29, 1.82) is 0 Å². The van der Waals surface area contributed by atoms with E-state index in [0.717, 1.165) is 21.4 Å². The molecule has 1 amide bonds. The molecule has 130 valence electrons. The zero-order valence-corrected chi connectivity index (χ0v) is 15.0. The van der Waals surface area contributed by atoms with E-state index >= 15 is 0 Å². The second kappa shape index (κ2) is 6.65. The Bertz CT molecular complexity index is 1160. The van der Waals surface area contributed by atoms with Crippen LogP contribution in [0, 0.1) is 0 Å². The van der Waals surface area contributed by atoms with Crippen molar-refractivity contribution in [2.75, 3.05) is 7.11 Å². The molecule has 0 saturated carbocycles. The number of carbonyl (C=O) groups excluding carboxylic acids is 1. The highest BCUT2D eigenvalue weighted by Crippen LogP contribution is 2.24. The summed E-state index contributed by atoms with van der Waals surface area (Å²) in [6.45, 7) is 4.35. The number of ether oxygens (including phenoxy) is 1. The number of fused-ring (bicyclic) bond motifs is 2. The topological polar surface area (TPSA) is 56.7 Å². The normalized spacial score (nSPS) is 12.0. The van der Waals surface area contributed by atoms with Gasteiger partial charge in [-0.1, -0.05) is 35.6 Å². The number of furan rings is 1. The van der Waals surface area contributed by atoms with Gasteiger partial charge in [0.05, 0.1) is 17.3 Å². The maximum absolute atomic E-state index is 12.6. The van der Waals surface area contributed by atoms with E-state index in [1.165, 1.54) is 11.3 Å². The van der Waals surface area contributed by atoms with Gasteiger partial charge >= 0.3 is 5.91 Å². The van der Waals surface area contributed by atoms with Crippen LogP contribution in [-0.2, 0) is 6.54 Å². The average molecular weight is 364 g/mol. The van der Waals surface area contributed by atoms with Crippen LogP contribution in [0.2, 0.25) is 0 Å². The van der Waals surface area contributed by atoms with Gasteiger partial charge in [-0.2, -0.15) is 4.99 Å². The lowest BCUT2D eigenvalue weighted by atomic mass is 10.2. The number of allylic oxidation sites excluding steroid dienone is 1. The van der Waals surface area contributed by atoms with E-state index in [0.29, 0.717) is 16.9 Å². The lowest BCUT2D eigenvalue weighted by Gasteiger charge is -2.02. The van der Waals surface area contributed by atoms with Gasteiger partial charge in [-0.3, -0.25) is 4.79 Å². The summed E-state index contributed by atoms with van der Waals surface area (Å²) < 4.78 is 13.8. The molecule has 0 spiro atoms. The first-order valence-electron chi connectivity index (χ1n) is 8.05. The first kappa shape index (κ1) is 16.4. The summed E-state index contributed by atoms with van der Waals surface area (Å²) in [6.07, 6.45) is 1.78. The summed E-state index contributed by atoms with van der Waals surface area (Å²) in [4.78, 5) is 17.5. The maximum Gasteiger partial charge on any atom is 0.315 e. The van der Waals surface area contributed by atoms with Crippen LogP contribution in [0.15, 0.2) is 70.6 Å². The van der Waals surface area contributed by atoms with Crippen LogP contribution in [-0.4, -0.2) is 17.6 Å². The molecule has 0 unspecified atom stereocenters. The van der Waals surface area contributed by atoms with E-state index in [9.17, 15) is 4.79 Å². The van der Waals surface area contributed by atoms with E-state index in [1.54, 1.807) is 19.3 Å². The van der Waals surface area contributed by atoms with Crippen molar-refractivity contribution in [1.82, 2.24) is 4.57 Å². The quantitative estimate of drug-likeness (QED) is 0.505. The van der Waals surface area contributed by atoms with E-state index < -0.39 is 5.91 Å². The van der Waals surface area contributed by atoms with Crippen molar-refractivity contribution in [2.24, 2.45) is 4.99 Å². The highest BCUT2D eigenvalue weighted by atomic mass is 32.1. The van der Waals surface area contributed by atoms with Gasteiger partial charge in [-0.25, -0.2) is 0 Å². The minimum Gasteiger partial charge on any atom is -0.497 e. The van der Waals surface area contributed by atoms with Gasteiger partial charge in [0.25, 0.3) is 0 Å². The first-order valence-corrected chi connectivity index (χ1v) is 8.87. The third-order valence-electron chi connectivity index (χ3n) is 4.04. The number of methoxy groups -OCH3 is 1. The molecule has 2 aromatic carbocycles. The number of rotatable bonds is 4. The minimum absolute atomic E-state index is 0.228. The van der Waals surface area contributed by atoms with Crippen LogP contribution < -0.4 is 9.54 Å². The van der Waals surface area contributed by atoms with Crippen molar-refractivity contribution in [2.45, 2.75) is 6.54 Å². The minimum atomic E-state index is -0.405. The standard InChI is InChI=1S/C20H16N2O3S/c1-3-10-22-15-9-8-14(24-2)12-18(15)26-20(22)21-19(23)17-11-13-6-4-5-7-16(13)25-17/h3-9,11-12H,1,10H2,2H3. The molecule has 0 aliphatic rings. The molecule has 6 heteroatoms. The van der Waals surface area contributed by atoms with Crippen LogP contribution in [0.3, 0.4) is 0 Å². The van der Waals surface area contributed by atoms with E-state index in [2.05, 4.69) is 11.6 Å². The van der Waals surface area contributed by atoms with Gasteiger partial charge < -0.3 is 13.7 Å². The fourth-order valence-electron chi connectivity index (χ4n) is 2.80. The van der Waals surface area contributed by atoms with Gasteiger partial charge in [0.2, 0.25) is 0 Å². The van der Waals surface area contributed by atoms with Crippen molar-refractivity contribution in [3.05, 3.63) is 71.7 Å². The fourth-order valence-corrected chi connectivity index (χ4v) is 3.87. The molecule has 0 saturated heterocycles. The largest absolute Gasteiger partial charge is 0.497 e. The monoisotopic (exact) mass is 364 g/mol. The predicted octanol–water partition coefficient (Wildman–Crippen LogP) is 4.38. The van der Waals surface area contributed by atoms with Crippen molar-refractivity contribution < 1.29 is 13.9 Å². The third kappa shape index (κ3) is 2.84. The summed E-state index contributed by atoms with van der Waals surface area (Å²) in [7, 11) is 1.63. The zero-order chi connectivity index (χ0) is 18.1. The average Bonchev–Trinajstić information content (AvgIpc) is 3.23. The van der Waals surface area contributed by atoms with Crippen molar-refractivity contribution in [3.63, 3.8) is 0 Å². The molecule has 26 heavy (non-hydrogen) atoms. The lowest BCUT2D eigenvalue weighted by molar-refractivity contribution is 0.0973. The van der Waals surface area contributed by atoms with Gasteiger partial charge in [-0.15, -0.1) is 6.58 Å². The smallest absolute Gasteiger partial charge is 0.315 e. The highest BCUT2D eigenvalue weighted by molar-refractivity contribution is 7.16. The molecule has 0 bridgehead atoms. The number of amides is 1. The predicted molar refractivity (Wildman–Crippen MR) is 103 cm³/mol. The highest BCUT2D eigenvalue weighted by Gasteiger charge is 2.13. The molecule has 0 atom stereocenters. The lowest BCUT2D eigenvalue weighted by Crippen LogP contribution is -2.16. The molecular formula is C20H16N2O3S. The van der Waals surface area contributed by atoms with E-state index in [-0.39, 0.29) is 5.76 Å². The molecule has 4 aromatic rings. The summed E-state index contributed by atoms with van der Waals surface area (Å²) in [5.41, 5.74) is 1.65. The number of hydrogen-bond acceptors (Lipinski definition) is 4. The summed E-state index contributed by atoms with van der Waals surface area (Å²) in [5.74, 6) is 0.587. The van der Waals surface area contributed by atoms with Crippen molar-refractivity contribution >= 4 is 38.4 Å². The molecule has 0 radical (unpaired) electrons. The van der Waals surface area contributed by atoms with Crippen LogP contribution in [0.5, 0.6) is 5.75 Å². The molecule has 0 N–H and O–H groups in total. The van der Waals surface area contributed by atoms with E-state index in [4.69, 9.17) is 9.15 Å². The van der Waals surface area contributed by atoms with E-state index in [1.807, 2.05) is 47.0 Å². The molecule has 5 nitrogen and oxygen atoms in total. The summed E-state index contributed by atoms with van der Waals surface area (Å²) in [5, 5.41) is 0.881. The van der Waals surface area contributed by atoms with Crippen molar-refractivity contribution in [3.8, 4) is 5.75 Å². The number of benzene rings is 2. The molecule has 2 heterocycles. The Morgan fingerprint density at radius 2 is 2.15 bits per heavy atom. The van der Waals surface area contributed by atoms with Gasteiger partial charge in [0, 0.05) is 11.9 Å². The van der Waals surface area contributed by atoms with Crippen LogP contribution in [0.4, 0.5) is 0 Å². The molecular weight excluding hydrogens is 348 g/mol. The summed E-state index contributed by atoms with van der Waals surface area (Å²) >= 11 is 1.43. The Morgan fingerprint density at radius 1 is 1.31 bits per heavy atom. The zero-order valence-electron chi connectivity index (χ0n) is 14.1. The number of aromatic nitrogens is 1. The molecule has 0 fully saturated rings. The van der Waals surface area contributed by atoms with Crippen LogP contribution >= 0.6 is 11.3 Å². The first-order chi connectivity index (χ1) is 12.7. The number of hydrogen-bond donors (Lipinski definition) is 0. The van der Waals surface area contributed by atoms with Crippen LogP contribution in [0.1, 0.15) is 10.6 Å². The van der Waals surface area contributed by atoms with Gasteiger partial charge in [0.15, 0.2) is 10.6 Å². The van der Waals surface area contributed by atoms with Crippen LogP contribution in [0.25, 0.3) is 21.2 Å². The maximum atomic E-state index is 12.6. The van der Waals surface area contributed by atoms with Gasteiger partial charge in [0.1, 0.15) is 11.3 Å². The Hall–Kier alpha value is -3.12. The number of para-hydroxylation sites is 1. The summed E-state index contributed by atoms with van der Waals surface area (Å²) in [6, 6.07) is 15.0. The number of nitrogens with zero attached hydrogens (tertiary/aromatic N) is 2. The Morgan fingerprint density at radius 3 is 2.92 bits per heavy atom. The van der Waals surface area contributed by atoms with Gasteiger partial charge in [-0.05, 0) is 30.3 Å². The third-order valence-corrected chi connectivity index (χ3v) is 5.08. The Balaban J connectivity index is 1.84. The number of carbonyl (C=O) groups is 1. The Labute approximate surface area is 153 Å². The fraction of sp³-hybridized carbons (Fsp3) is 0.100. The SMILES string of the molecule is C=CCn1c(=NC(=O)c2cc3ccccc3o2)sc2cc(OC)ccc21. The molecule has 2 aromatic heterocycles. The molecule has 0 aliphatic carbocycles. The molecule has 4 rings (SSSR count). The Kier molecular flexibility index (Phi) is 4.18. The second-order valence-electron chi connectivity index (χ2n) is 5.68.